The lowest BCUT2D eigenvalue weighted by Gasteiger charge is -2.00. The molecule has 0 saturated carbocycles. The molecule has 0 radical (unpaired) electrons. The highest BCUT2D eigenvalue weighted by Gasteiger charge is 2.08. The first-order valence-corrected chi connectivity index (χ1v) is 6.04. The van der Waals surface area contributed by atoms with Crippen LogP contribution in [0.25, 0.3) is 22.3 Å². The molecule has 20 heavy (non-hydrogen) atoms. The molecule has 6 nitrogen and oxygen atoms in total. The van der Waals surface area contributed by atoms with Crippen LogP contribution in [-0.4, -0.2) is 33.1 Å². The molecule has 0 spiro atoms. The van der Waals surface area contributed by atoms with Crippen LogP contribution in [0.1, 0.15) is 10.4 Å². The van der Waals surface area contributed by atoms with Crippen molar-refractivity contribution in [3.8, 4) is 11.4 Å². The van der Waals surface area contributed by atoms with E-state index >= 15 is 0 Å². The number of rotatable bonds is 3. The van der Waals surface area contributed by atoms with Gasteiger partial charge in [-0.05, 0) is 30.3 Å². The van der Waals surface area contributed by atoms with Crippen LogP contribution in [0.2, 0.25) is 0 Å². The number of H-pyrrole nitrogens is 1. The number of aromatic nitrogens is 3. The van der Waals surface area contributed by atoms with E-state index in [1.54, 1.807) is 37.5 Å². The van der Waals surface area contributed by atoms with Gasteiger partial charge in [0.05, 0.1) is 17.0 Å². The maximum Gasteiger partial charge on any atom is 0.335 e. The SMILES string of the molecule is CNc1nccc(-c2cc3cc(C(=O)O)ccc3[nH]2)n1. The fourth-order valence-electron chi connectivity index (χ4n) is 2.03. The van der Waals surface area contributed by atoms with Gasteiger partial charge in [-0.3, -0.25) is 0 Å². The van der Waals surface area contributed by atoms with Crippen LogP contribution in [0, 0.1) is 0 Å². The number of nitrogens with zero attached hydrogens (tertiary/aromatic N) is 2. The first kappa shape index (κ1) is 12.2. The molecule has 0 unspecified atom stereocenters. The van der Waals surface area contributed by atoms with E-state index in [1.807, 2.05) is 6.07 Å². The van der Waals surface area contributed by atoms with Crippen LogP contribution in [0.3, 0.4) is 0 Å². The predicted octanol–water partition coefficient (Wildman–Crippen LogP) is 2.36. The second kappa shape index (κ2) is 4.65. The molecule has 2 heterocycles. The van der Waals surface area contributed by atoms with Gasteiger partial charge in [0.15, 0.2) is 0 Å². The van der Waals surface area contributed by atoms with Gasteiger partial charge in [-0.1, -0.05) is 0 Å². The lowest BCUT2D eigenvalue weighted by atomic mass is 10.1. The van der Waals surface area contributed by atoms with Gasteiger partial charge in [0.2, 0.25) is 5.95 Å². The Balaban J connectivity index is 2.10. The number of anilines is 1. The average molecular weight is 268 g/mol. The standard InChI is InChI=1S/C14H12N4O2/c1-15-14-16-5-4-11(18-14)12-7-9-6-8(13(19)20)2-3-10(9)17-12/h2-7,17H,1H3,(H,19,20)(H,15,16,18). The largest absolute Gasteiger partial charge is 0.478 e. The third kappa shape index (κ3) is 2.07. The Morgan fingerprint density at radius 2 is 2.15 bits per heavy atom. The van der Waals surface area contributed by atoms with Gasteiger partial charge in [0.1, 0.15) is 0 Å². The number of aromatic amines is 1. The van der Waals surface area contributed by atoms with E-state index in [0.717, 1.165) is 22.3 Å². The van der Waals surface area contributed by atoms with Gasteiger partial charge in [-0.15, -0.1) is 0 Å². The molecule has 6 heteroatoms. The van der Waals surface area contributed by atoms with Gasteiger partial charge >= 0.3 is 5.97 Å². The summed E-state index contributed by atoms with van der Waals surface area (Å²) < 4.78 is 0. The zero-order chi connectivity index (χ0) is 14.1. The highest BCUT2D eigenvalue weighted by Crippen LogP contribution is 2.24. The van der Waals surface area contributed by atoms with Crippen molar-refractivity contribution in [2.45, 2.75) is 0 Å². The molecule has 0 aliphatic heterocycles. The van der Waals surface area contributed by atoms with Gasteiger partial charge in [-0.2, -0.15) is 0 Å². The smallest absolute Gasteiger partial charge is 0.335 e. The summed E-state index contributed by atoms with van der Waals surface area (Å²) in [5.74, 6) is -0.401. The highest BCUT2D eigenvalue weighted by molar-refractivity contribution is 5.95. The molecule has 0 bridgehead atoms. The summed E-state index contributed by atoms with van der Waals surface area (Å²) in [5, 5.41) is 12.7. The van der Waals surface area contributed by atoms with Crippen molar-refractivity contribution in [3.63, 3.8) is 0 Å². The van der Waals surface area contributed by atoms with Crippen molar-refractivity contribution in [1.82, 2.24) is 15.0 Å². The van der Waals surface area contributed by atoms with Crippen LogP contribution in [0.4, 0.5) is 5.95 Å². The van der Waals surface area contributed by atoms with Crippen molar-refractivity contribution >= 4 is 22.8 Å². The summed E-state index contributed by atoms with van der Waals surface area (Å²) in [6.07, 6.45) is 1.67. The molecule has 3 N–H and O–H groups in total. The quantitative estimate of drug-likeness (QED) is 0.678. The number of hydrogen-bond acceptors (Lipinski definition) is 4. The molecule has 0 atom stereocenters. The molecular formula is C14H12N4O2. The molecule has 100 valence electrons. The minimum Gasteiger partial charge on any atom is -0.478 e. The second-order valence-corrected chi connectivity index (χ2v) is 4.31. The van der Waals surface area contributed by atoms with E-state index in [0.29, 0.717) is 5.95 Å². The molecule has 0 fully saturated rings. The fraction of sp³-hybridized carbons (Fsp3) is 0.0714. The molecule has 3 rings (SSSR count). The zero-order valence-electron chi connectivity index (χ0n) is 10.7. The van der Waals surface area contributed by atoms with Gasteiger partial charge in [-0.25, -0.2) is 14.8 Å². The van der Waals surface area contributed by atoms with Crippen molar-refractivity contribution in [3.05, 3.63) is 42.1 Å². The maximum absolute atomic E-state index is 11.0. The number of benzene rings is 1. The van der Waals surface area contributed by atoms with E-state index in [9.17, 15) is 4.79 Å². The zero-order valence-corrected chi connectivity index (χ0v) is 10.7. The molecule has 0 aliphatic rings. The van der Waals surface area contributed by atoms with Gasteiger partial charge in [0, 0.05) is 24.1 Å². The number of aromatic carboxylic acids is 1. The molecule has 1 aromatic carbocycles. The Labute approximate surface area is 114 Å². The number of carboxylic acid groups (broad SMARTS) is 1. The number of nitrogens with one attached hydrogen (secondary N) is 2. The predicted molar refractivity (Wildman–Crippen MR) is 75.8 cm³/mol. The normalized spacial score (nSPS) is 10.7. The Morgan fingerprint density at radius 1 is 1.30 bits per heavy atom. The fourth-order valence-corrected chi connectivity index (χ4v) is 2.03. The van der Waals surface area contributed by atoms with E-state index in [4.69, 9.17) is 5.11 Å². The van der Waals surface area contributed by atoms with Gasteiger partial charge < -0.3 is 15.4 Å². The van der Waals surface area contributed by atoms with Crippen molar-refractivity contribution in [1.29, 1.82) is 0 Å². The third-order valence-electron chi connectivity index (χ3n) is 3.02. The van der Waals surface area contributed by atoms with E-state index in [-0.39, 0.29) is 5.56 Å². The van der Waals surface area contributed by atoms with Crippen LogP contribution in [0.5, 0.6) is 0 Å². The third-order valence-corrected chi connectivity index (χ3v) is 3.02. The number of fused-ring (bicyclic) bond motifs is 1. The van der Waals surface area contributed by atoms with Crippen LogP contribution >= 0.6 is 0 Å². The lowest BCUT2D eigenvalue weighted by Crippen LogP contribution is -1.96. The molecule has 0 aliphatic carbocycles. The number of carbonyl (C=O) groups is 1. The minimum absolute atomic E-state index is 0.265. The monoisotopic (exact) mass is 268 g/mol. The summed E-state index contributed by atoms with van der Waals surface area (Å²) in [5.41, 5.74) is 2.70. The van der Waals surface area contributed by atoms with Crippen LogP contribution in [0.15, 0.2) is 36.5 Å². The van der Waals surface area contributed by atoms with Crippen molar-refractivity contribution in [2.75, 3.05) is 12.4 Å². The average Bonchev–Trinajstić information content (AvgIpc) is 2.90. The van der Waals surface area contributed by atoms with Gasteiger partial charge in [0.25, 0.3) is 0 Å². The Hall–Kier alpha value is -2.89. The lowest BCUT2D eigenvalue weighted by molar-refractivity contribution is 0.0697. The Bertz CT molecular complexity index is 795. The first-order valence-electron chi connectivity index (χ1n) is 6.04. The number of carboxylic acids is 1. The second-order valence-electron chi connectivity index (χ2n) is 4.31. The molecular weight excluding hydrogens is 256 g/mol. The highest BCUT2D eigenvalue weighted by atomic mass is 16.4. The summed E-state index contributed by atoms with van der Waals surface area (Å²) in [4.78, 5) is 22.6. The molecule has 0 amide bonds. The molecule has 0 saturated heterocycles. The summed E-state index contributed by atoms with van der Waals surface area (Å²) in [6, 6.07) is 8.64. The van der Waals surface area contributed by atoms with Crippen molar-refractivity contribution < 1.29 is 9.90 Å². The minimum atomic E-state index is -0.936. The first-order chi connectivity index (χ1) is 9.67. The molecule has 2 aromatic heterocycles. The van der Waals surface area contributed by atoms with E-state index in [2.05, 4.69) is 20.3 Å². The summed E-state index contributed by atoms with van der Waals surface area (Å²) in [7, 11) is 1.75. The molecule has 3 aromatic rings. The maximum atomic E-state index is 11.0. The van der Waals surface area contributed by atoms with E-state index < -0.39 is 5.97 Å². The van der Waals surface area contributed by atoms with E-state index in [1.165, 1.54) is 0 Å². The van der Waals surface area contributed by atoms with Crippen LogP contribution < -0.4 is 5.32 Å². The number of hydrogen-bond donors (Lipinski definition) is 3. The topological polar surface area (TPSA) is 90.9 Å². The summed E-state index contributed by atoms with van der Waals surface area (Å²) in [6.45, 7) is 0. The Kier molecular flexibility index (Phi) is 2.83. The van der Waals surface area contributed by atoms with Crippen molar-refractivity contribution in [2.24, 2.45) is 0 Å². The summed E-state index contributed by atoms with van der Waals surface area (Å²) >= 11 is 0. The van der Waals surface area contributed by atoms with Crippen LogP contribution in [-0.2, 0) is 0 Å². The Morgan fingerprint density at radius 3 is 2.90 bits per heavy atom.